The molecule has 0 saturated carbocycles. The summed E-state index contributed by atoms with van der Waals surface area (Å²) in [5.74, 6) is 0.578. The fourth-order valence-corrected chi connectivity index (χ4v) is 2.36. The molecule has 1 atom stereocenters. The number of hydrogen-bond donors (Lipinski definition) is 2. The topological polar surface area (TPSA) is 64.1 Å². The van der Waals surface area contributed by atoms with Crippen LogP contribution in [0, 0.1) is 0 Å². The van der Waals surface area contributed by atoms with Crippen LogP contribution >= 0.6 is 11.8 Å². The number of aryl methyl sites for hydroxylation is 1. The number of thioether (sulfide) groups is 1. The second-order valence-electron chi connectivity index (χ2n) is 3.81. The molecule has 17 heavy (non-hydrogen) atoms. The first-order valence-corrected chi connectivity index (χ1v) is 6.29. The van der Waals surface area contributed by atoms with E-state index in [4.69, 9.17) is 5.73 Å². The van der Waals surface area contributed by atoms with Gasteiger partial charge in [-0.2, -0.15) is 0 Å². The Bertz CT molecular complexity index is 481. The lowest BCUT2D eigenvalue weighted by Crippen LogP contribution is -2.02. The molecule has 4 nitrogen and oxygen atoms in total. The quantitative estimate of drug-likeness (QED) is 0.641. The SMILES string of the molecule is Cn1ccnc1SCC(O)c1ccc(N)cc1. The van der Waals surface area contributed by atoms with Crippen LogP contribution in [0.5, 0.6) is 0 Å². The highest BCUT2D eigenvalue weighted by atomic mass is 32.2. The lowest BCUT2D eigenvalue weighted by Gasteiger charge is -2.10. The van der Waals surface area contributed by atoms with Crippen LogP contribution in [0.2, 0.25) is 0 Å². The summed E-state index contributed by atoms with van der Waals surface area (Å²) in [6.45, 7) is 0. The maximum Gasteiger partial charge on any atom is 0.167 e. The predicted molar refractivity (Wildman–Crippen MR) is 69.7 cm³/mol. The molecule has 0 fully saturated rings. The number of hydrogen-bond acceptors (Lipinski definition) is 4. The molecule has 0 aliphatic heterocycles. The van der Waals surface area contributed by atoms with Crippen molar-refractivity contribution in [2.24, 2.45) is 7.05 Å². The van der Waals surface area contributed by atoms with Crippen molar-refractivity contribution in [2.45, 2.75) is 11.3 Å². The zero-order valence-corrected chi connectivity index (χ0v) is 10.4. The highest BCUT2D eigenvalue weighted by Gasteiger charge is 2.09. The molecule has 0 bridgehead atoms. The van der Waals surface area contributed by atoms with Crippen molar-refractivity contribution < 1.29 is 5.11 Å². The van der Waals surface area contributed by atoms with Crippen LogP contribution in [-0.2, 0) is 7.05 Å². The number of nitrogens with zero attached hydrogens (tertiary/aromatic N) is 2. The highest BCUT2D eigenvalue weighted by molar-refractivity contribution is 7.99. The Morgan fingerprint density at radius 2 is 2.12 bits per heavy atom. The van der Waals surface area contributed by atoms with Crippen LogP contribution in [0.4, 0.5) is 5.69 Å². The van der Waals surface area contributed by atoms with E-state index >= 15 is 0 Å². The summed E-state index contributed by atoms with van der Waals surface area (Å²) in [6.07, 6.45) is 3.13. The number of anilines is 1. The van der Waals surface area contributed by atoms with Crippen LogP contribution in [0.1, 0.15) is 11.7 Å². The van der Waals surface area contributed by atoms with Gasteiger partial charge in [-0.05, 0) is 17.7 Å². The average molecular weight is 249 g/mol. The smallest absolute Gasteiger partial charge is 0.167 e. The molecule has 0 spiro atoms. The number of nitrogen functional groups attached to an aromatic ring is 1. The lowest BCUT2D eigenvalue weighted by atomic mass is 10.1. The largest absolute Gasteiger partial charge is 0.399 e. The van der Waals surface area contributed by atoms with E-state index < -0.39 is 6.10 Å². The molecule has 0 saturated heterocycles. The molecule has 1 heterocycles. The fourth-order valence-electron chi connectivity index (χ4n) is 1.46. The van der Waals surface area contributed by atoms with Gasteiger partial charge in [-0.1, -0.05) is 23.9 Å². The molecular weight excluding hydrogens is 234 g/mol. The number of aliphatic hydroxyl groups is 1. The summed E-state index contributed by atoms with van der Waals surface area (Å²) in [6, 6.07) is 7.28. The summed E-state index contributed by atoms with van der Waals surface area (Å²) in [5, 5.41) is 10.9. The minimum absolute atomic E-state index is 0.503. The standard InChI is InChI=1S/C12H15N3OS/c1-15-7-6-14-12(15)17-8-11(16)9-2-4-10(13)5-3-9/h2-7,11,16H,8,13H2,1H3. The molecule has 0 aliphatic carbocycles. The van der Waals surface area contributed by atoms with Gasteiger partial charge in [0.2, 0.25) is 0 Å². The fraction of sp³-hybridized carbons (Fsp3) is 0.250. The zero-order valence-electron chi connectivity index (χ0n) is 9.58. The van der Waals surface area contributed by atoms with E-state index in [1.807, 2.05) is 29.9 Å². The van der Waals surface area contributed by atoms with Crippen LogP contribution in [0.25, 0.3) is 0 Å². The molecule has 5 heteroatoms. The molecule has 90 valence electrons. The summed E-state index contributed by atoms with van der Waals surface area (Å²) >= 11 is 1.53. The summed E-state index contributed by atoms with van der Waals surface area (Å²) in [7, 11) is 1.94. The molecule has 0 aliphatic rings. The maximum atomic E-state index is 10.0. The van der Waals surface area contributed by atoms with Crippen molar-refractivity contribution >= 4 is 17.4 Å². The molecule has 3 N–H and O–H groups in total. The van der Waals surface area contributed by atoms with E-state index in [0.717, 1.165) is 10.7 Å². The third-order valence-electron chi connectivity index (χ3n) is 2.47. The molecular formula is C12H15N3OS. The van der Waals surface area contributed by atoms with Gasteiger partial charge in [-0.3, -0.25) is 0 Å². The first kappa shape index (κ1) is 12.0. The van der Waals surface area contributed by atoms with Gasteiger partial charge in [-0.15, -0.1) is 0 Å². The Hall–Kier alpha value is -1.46. The van der Waals surface area contributed by atoms with Gasteiger partial charge in [0.15, 0.2) is 5.16 Å². The molecule has 0 radical (unpaired) electrons. The van der Waals surface area contributed by atoms with E-state index in [1.165, 1.54) is 11.8 Å². The molecule has 2 rings (SSSR count). The van der Waals surface area contributed by atoms with Gasteiger partial charge in [0, 0.05) is 30.9 Å². The number of rotatable bonds is 4. The molecule has 0 amide bonds. The van der Waals surface area contributed by atoms with Crippen LogP contribution in [0.3, 0.4) is 0 Å². The molecule has 2 aromatic rings. The molecule has 1 aromatic carbocycles. The van der Waals surface area contributed by atoms with Crippen molar-refractivity contribution in [2.75, 3.05) is 11.5 Å². The van der Waals surface area contributed by atoms with E-state index in [-0.39, 0.29) is 0 Å². The zero-order chi connectivity index (χ0) is 12.3. The third kappa shape index (κ3) is 3.01. The summed E-state index contributed by atoms with van der Waals surface area (Å²) < 4.78 is 1.93. The molecule has 1 aromatic heterocycles. The van der Waals surface area contributed by atoms with Gasteiger partial charge in [0.25, 0.3) is 0 Å². The van der Waals surface area contributed by atoms with E-state index in [9.17, 15) is 5.11 Å². The van der Waals surface area contributed by atoms with Crippen molar-refractivity contribution in [3.63, 3.8) is 0 Å². The second kappa shape index (κ2) is 5.25. The van der Waals surface area contributed by atoms with Gasteiger partial charge >= 0.3 is 0 Å². The maximum absolute atomic E-state index is 10.0. The summed E-state index contributed by atoms with van der Waals surface area (Å²) in [5.41, 5.74) is 7.18. The van der Waals surface area contributed by atoms with Crippen molar-refractivity contribution in [3.05, 3.63) is 42.2 Å². The third-order valence-corrected chi connectivity index (χ3v) is 3.60. The minimum Gasteiger partial charge on any atom is -0.399 e. The van der Waals surface area contributed by atoms with E-state index in [1.54, 1.807) is 18.3 Å². The molecule has 1 unspecified atom stereocenters. The lowest BCUT2D eigenvalue weighted by molar-refractivity contribution is 0.204. The number of aromatic nitrogens is 2. The summed E-state index contributed by atoms with van der Waals surface area (Å²) in [4.78, 5) is 4.19. The Kier molecular flexibility index (Phi) is 3.71. The van der Waals surface area contributed by atoms with E-state index in [2.05, 4.69) is 4.98 Å². The van der Waals surface area contributed by atoms with Crippen LogP contribution < -0.4 is 5.73 Å². The normalized spacial score (nSPS) is 12.6. The Morgan fingerprint density at radius 3 is 2.71 bits per heavy atom. The van der Waals surface area contributed by atoms with Crippen molar-refractivity contribution in [1.29, 1.82) is 0 Å². The van der Waals surface area contributed by atoms with Gasteiger partial charge < -0.3 is 15.4 Å². The number of imidazole rings is 1. The average Bonchev–Trinajstić information content (AvgIpc) is 2.73. The van der Waals surface area contributed by atoms with Gasteiger partial charge in [0.1, 0.15) is 0 Å². The van der Waals surface area contributed by atoms with Crippen LogP contribution in [-0.4, -0.2) is 20.4 Å². The van der Waals surface area contributed by atoms with Crippen LogP contribution in [0.15, 0.2) is 41.8 Å². The van der Waals surface area contributed by atoms with Gasteiger partial charge in [0.05, 0.1) is 6.10 Å². The first-order chi connectivity index (χ1) is 8.16. The second-order valence-corrected chi connectivity index (χ2v) is 4.80. The highest BCUT2D eigenvalue weighted by Crippen LogP contribution is 2.23. The predicted octanol–water partition coefficient (Wildman–Crippen LogP) is 1.83. The number of benzene rings is 1. The van der Waals surface area contributed by atoms with Gasteiger partial charge in [-0.25, -0.2) is 4.98 Å². The number of nitrogens with two attached hydrogens (primary N) is 1. The van der Waals surface area contributed by atoms with Crippen molar-refractivity contribution in [1.82, 2.24) is 9.55 Å². The monoisotopic (exact) mass is 249 g/mol. The Morgan fingerprint density at radius 1 is 1.41 bits per heavy atom. The minimum atomic E-state index is -0.503. The first-order valence-electron chi connectivity index (χ1n) is 5.30. The Labute approximate surface area is 104 Å². The van der Waals surface area contributed by atoms with Crippen molar-refractivity contribution in [3.8, 4) is 0 Å². The Balaban J connectivity index is 1.95. The number of aliphatic hydroxyl groups excluding tert-OH is 1. The van der Waals surface area contributed by atoms with E-state index in [0.29, 0.717) is 11.4 Å².